The summed E-state index contributed by atoms with van der Waals surface area (Å²) < 4.78 is 11.4. The SMILES string of the molecule is CC(C)(C)Oc1ccc(C=CCNC(=O)OCC2c3ccccc3-c3ccccc32)cc1. The first kappa shape index (κ1) is 21.7. The quantitative estimate of drug-likeness (QED) is 0.494. The van der Waals surface area contributed by atoms with Gasteiger partial charge in [-0.2, -0.15) is 0 Å². The van der Waals surface area contributed by atoms with Crippen LogP contribution in [0, 0.1) is 0 Å². The van der Waals surface area contributed by atoms with Gasteiger partial charge in [-0.05, 0) is 60.7 Å². The number of carbonyl (C=O) groups excluding carboxylic acids is 1. The van der Waals surface area contributed by atoms with Crippen LogP contribution in [0.25, 0.3) is 17.2 Å². The van der Waals surface area contributed by atoms with Crippen LogP contribution >= 0.6 is 0 Å². The van der Waals surface area contributed by atoms with Crippen LogP contribution in [0.4, 0.5) is 4.79 Å². The highest BCUT2D eigenvalue weighted by Gasteiger charge is 2.28. The number of hydrogen-bond acceptors (Lipinski definition) is 3. The van der Waals surface area contributed by atoms with E-state index in [4.69, 9.17) is 9.47 Å². The number of carbonyl (C=O) groups is 1. The molecule has 4 rings (SSSR count). The molecule has 0 radical (unpaired) electrons. The van der Waals surface area contributed by atoms with E-state index in [9.17, 15) is 4.79 Å². The minimum absolute atomic E-state index is 0.0672. The van der Waals surface area contributed by atoms with Gasteiger partial charge in [0.25, 0.3) is 0 Å². The first-order valence-corrected chi connectivity index (χ1v) is 11.0. The molecule has 0 fully saturated rings. The van der Waals surface area contributed by atoms with Crippen LogP contribution in [0.5, 0.6) is 5.75 Å². The zero-order chi connectivity index (χ0) is 22.6. The van der Waals surface area contributed by atoms with Crippen LogP contribution in [-0.2, 0) is 4.74 Å². The van der Waals surface area contributed by atoms with Gasteiger partial charge in [-0.25, -0.2) is 4.79 Å². The van der Waals surface area contributed by atoms with Gasteiger partial charge in [-0.15, -0.1) is 0 Å². The molecule has 1 amide bonds. The summed E-state index contributed by atoms with van der Waals surface area (Å²) >= 11 is 0. The third kappa shape index (κ3) is 5.20. The van der Waals surface area contributed by atoms with Gasteiger partial charge in [0, 0.05) is 12.5 Å². The van der Waals surface area contributed by atoms with Crippen molar-refractivity contribution >= 4 is 12.2 Å². The standard InChI is InChI=1S/C28H29NO3/c1-28(2,3)32-21-16-14-20(15-17-21)9-8-18-29-27(30)31-19-26-24-12-6-4-10-22(24)23-11-5-7-13-25(23)26/h4-17,26H,18-19H2,1-3H3,(H,29,30). The van der Waals surface area contributed by atoms with Gasteiger partial charge < -0.3 is 14.8 Å². The second-order valence-electron chi connectivity index (χ2n) is 8.89. The van der Waals surface area contributed by atoms with Crippen molar-refractivity contribution < 1.29 is 14.3 Å². The number of rotatable bonds is 6. The Balaban J connectivity index is 1.27. The average Bonchev–Trinajstić information content (AvgIpc) is 3.09. The summed E-state index contributed by atoms with van der Waals surface area (Å²) in [6.45, 7) is 6.79. The van der Waals surface area contributed by atoms with E-state index in [1.54, 1.807) is 0 Å². The van der Waals surface area contributed by atoms with Gasteiger partial charge in [0.05, 0.1) is 0 Å². The molecular formula is C28H29NO3. The molecule has 0 saturated carbocycles. The second-order valence-corrected chi connectivity index (χ2v) is 8.89. The average molecular weight is 428 g/mol. The molecule has 1 aliphatic carbocycles. The largest absolute Gasteiger partial charge is 0.488 e. The van der Waals surface area contributed by atoms with Gasteiger partial charge >= 0.3 is 6.09 Å². The second kappa shape index (κ2) is 9.31. The Morgan fingerprint density at radius 3 is 2.09 bits per heavy atom. The zero-order valence-corrected chi connectivity index (χ0v) is 18.8. The molecule has 0 spiro atoms. The summed E-state index contributed by atoms with van der Waals surface area (Å²) in [6, 6.07) is 24.5. The third-order valence-electron chi connectivity index (χ3n) is 5.32. The lowest BCUT2D eigenvalue weighted by atomic mass is 9.98. The maximum Gasteiger partial charge on any atom is 0.407 e. The monoisotopic (exact) mass is 427 g/mol. The molecule has 0 aromatic heterocycles. The molecule has 0 atom stereocenters. The molecule has 3 aromatic carbocycles. The summed E-state index contributed by atoms with van der Waals surface area (Å²) in [4.78, 5) is 12.2. The van der Waals surface area contributed by atoms with Crippen molar-refractivity contribution in [3.8, 4) is 16.9 Å². The zero-order valence-electron chi connectivity index (χ0n) is 18.8. The molecule has 1 N–H and O–H groups in total. The summed E-state index contributed by atoms with van der Waals surface area (Å²) in [5.41, 5.74) is 5.68. The maximum atomic E-state index is 12.2. The summed E-state index contributed by atoms with van der Waals surface area (Å²) in [7, 11) is 0. The normalized spacial score (nSPS) is 13.0. The first-order chi connectivity index (χ1) is 15.4. The molecule has 0 bridgehead atoms. The highest BCUT2D eigenvalue weighted by Crippen LogP contribution is 2.44. The Labute approximate surface area is 189 Å². The predicted octanol–water partition coefficient (Wildman–Crippen LogP) is 6.42. The van der Waals surface area contributed by atoms with E-state index in [2.05, 4.69) is 29.6 Å². The van der Waals surface area contributed by atoms with E-state index in [0.29, 0.717) is 13.2 Å². The number of hydrogen-bond donors (Lipinski definition) is 1. The van der Waals surface area contributed by atoms with Crippen LogP contribution < -0.4 is 10.1 Å². The molecular weight excluding hydrogens is 398 g/mol. The topological polar surface area (TPSA) is 47.6 Å². The van der Waals surface area contributed by atoms with Crippen LogP contribution in [0.2, 0.25) is 0 Å². The van der Waals surface area contributed by atoms with Crippen molar-refractivity contribution in [2.75, 3.05) is 13.2 Å². The maximum absolute atomic E-state index is 12.2. The predicted molar refractivity (Wildman–Crippen MR) is 129 cm³/mol. The van der Waals surface area contributed by atoms with Gasteiger partial charge in [-0.3, -0.25) is 0 Å². The van der Waals surface area contributed by atoms with Crippen molar-refractivity contribution in [2.24, 2.45) is 0 Å². The fourth-order valence-corrected chi connectivity index (χ4v) is 3.99. The fraction of sp³-hybridized carbons (Fsp3) is 0.250. The lowest BCUT2D eigenvalue weighted by Gasteiger charge is -2.21. The summed E-state index contributed by atoms with van der Waals surface area (Å²) in [6.07, 6.45) is 3.46. The van der Waals surface area contributed by atoms with Crippen molar-refractivity contribution in [3.05, 3.63) is 95.6 Å². The molecule has 0 heterocycles. The Morgan fingerprint density at radius 2 is 1.50 bits per heavy atom. The third-order valence-corrected chi connectivity index (χ3v) is 5.32. The number of benzene rings is 3. The number of amides is 1. The van der Waals surface area contributed by atoms with Crippen molar-refractivity contribution in [1.29, 1.82) is 0 Å². The highest BCUT2D eigenvalue weighted by molar-refractivity contribution is 5.79. The highest BCUT2D eigenvalue weighted by atomic mass is 16.5. The van der Waals surface area contributed by atoms with E-state index in [1.807, 2.05) is 81.5 Å². The number of alkyl carbamates (subject to hydrolysis) is 1. The molecule has 1 aliphatic rings. The Kier molecular flexibility index (Phi) is 6.31. The van der Waals surface area contributed by atoms with Gasteiger partial charge in [0.2, 0.25) is 0 Å². The fourth-order valence-electron chi connectivity index (χ4n) is 3.99. The minimum Gasteiger partial charge on any atom is -0.488 e. The van der Waals surface area contributed by atoms with Crippen LogP contribution in [-0.4, -0.2) is 24.8 Å². The Bertz CT molecular complexity index is 1060. The van der Waals surface area contributed by atoms with E-state index in [1.165, 1.54) is 22.3 Å². The molecule has 32 heavy (non-hydrogen) atoms. The van der Waals surface area contributed by atoms with E-state index < -0.39 is 6.09 Å². The molecule has 0 aliphatic heterocycles. The van der Waals surface area contributed by atoms with Gasteiger partial charge in [0.1, 0.15) is 18.0 Å². The molecule has 0 unspecified atom stereocenters. The lowest BCUT2D eigenvalue weighted by molar-refractivity contribution is 0.131. The van der Waals surface area contributed by atoms with E-state index >= 15 is 0 Å². The Hall–Kier alpha value is -3.53. The lowest BCUT2D eigenvalue weighted by Crippen LogP contribution is -2.26. The smallest absolute Gasteiger partial charge is 0.407 e. The van der Waals surface area contributed by atoms with Crippen molar-refractivity contribution in [2.45, 2.75) is 32.3 Å². The van der Waals surface area contributed by atoms with Gasteiger partial charge in [-0.1, -0.05) is 72.8 Å². The number of ether oxygens (including phenoxy) is 2. The molecule has 0 saturated heterocycles. The van der Waals surface area contributed by atoms with E-state index in [0.717, 1.165) is 11.3 Å². The molecule has 4 nitrogen and oxygen atoms in total. The minimum atomic E-state index is -0.412. The molecule has 164 valence electrons. The molecule has 3 aromatic rings. The number of nitrogens with one attached hydrogen (secondary N) is 1. The summed E-state index contributed by atoms with van der Waals surface area (Å²) in [5.74, 6) is 0.906. The summed E-state index contributed by atoms with van der Waals surface area (Å²) in [5, 5.41) is 2.79. The van der Waals surface area contributed by atoms with Gasteiger partial charge in [0.15, 0.2) is 0 Å². The first-order valence-electron chi connectivity index (χ1n) is 11.0. The Morgan fingerprint density at radius 1 is 0.906 bits per heavy atom. The van der Waals surface area contributed by atoms with Crippen LogP contribution in [0.1, 0.15) is 43.4 Å². The van der Waals surface area contributed by atoms with E-state index in [-0.39, 0.29) is 11.5 Å². The van der Waals surface area contributed by atoms with Crippen LogP contribution in [0.15, 0.2) is 78.9 Å². The van der Waals surface area contributed by atoms with Crippen molar-refractivity contribution in [1.82, 2.24) is 5.32 Å². The number of fused-ring (bicyclic) bond motifs is 3. The molecule has 4 heteroatoms. The van der Waals surface area contributed by atoms with Crippen LogP contribution in [0.3, 0.4) is 0 Å². The van der Waals surface area contributed by atoms with Crippen molar-refractivity contribution in [3.63, 3.8) is 0 Å².